The largest absolute Gasteiger partial charge is 0.368 e. The minimum Gasteiger partial charge on any atom is -0.368 e. The highest BCUT2D eigenvalue weighted by Crippen LogP contribution is 2.24. The van der Waals surface area contributed by atoms with E-state index in [0.29, 0.717) is 11.2 Å². The molecule has 1 fully saturated rings. The van der Waals surface area contributed by atoms with Gasteiger partial charge in [0.15, 0.2) is 0 Å². The average Bonchev–Trinajstić information content (AvgIpc) is 2.20. The highest BCUT2D eigenvalue weighted by atomic mass is 35.5. The van der Waals surface area contributed by atoms with Gasteiger partial charge in [-0.2, -0.15) is 0 Å². The standard InChI is InChI=1S/C11H15ClN2/c1-9-4-2-3-7-14(9)10-5-6-11(12)13-8-10/h5-6,8-9H,2-4,7H2,1H3. The number of halogens is 1. The Morgan fingerprint density at radius 1 is 1.43 bits per heavy atom. The lowest BCUT2D eigenvalue weighted by atomic mass is 10.0. The molecule has 0 bridgehead atoms. The number of nitrogens with zero attached hydrogens (tertiary/aromatic N) is 2. The summed E-state index contributed by atoms with van der Waals surface area (Å²) in [5, 5.41) is 0.568. The van der Waals surface area contributed by atoms with E-state index in [0.717, 1.165) is 6.54 Å². The predicted octanol–water partition coefficient (Wildman–Crippen LogP) is 3.11. The van der Waals surface area contributed by atoms with Crippen LogP contribution in [-0.2, 0) is 0 Å². The molecule has 14 heavy (non-hydrogen) atoms. The van der Waals surface area contributed by atoms with Gasteiger partial charge in [-0.1, -0.05) is 11.6 Å². The van der Waals surface area contributed by atoms with Crippen LogP contribution in [0.3, 0.4) is 0 Å². The lowest BCUT2D eigenvalue weighted by molar-refractivity contribution is 0.484. The fraction of sp³-hybridized carbons (Fsp3) is 0.545. The molecule has 0 spiro atoms. The molecule has 1 saturated heterocycles. The quantitative estimate of drug-likeness (QED) is 0.663. The second kappa shape index (κ2) is 4.18. The van der Waals surface area contributed by atoms with E-state index in [1.54, 1.807) is 0 Å². The van der Waals surface area contributed by atoms with Gasteiger partial charge in [-0.25, -0.2) is 4.98 Å². The van der Waals surface area contributed by atoms with Gasteiger partial charge < -0.3 is 4.90 Å². The lowest BCUT2D eigenvalue weighted by Crippen LogP contribution is -2.37. The van der Waals surface area contributed by atoms with Gasteiger partial charge in [0, 0.05) is 12.6 Å². The molecule has 1 aromatic heterocycles. The van der Waals surface area contributed by atoms with E-state index in [1.165, 1.54) is 24.9 Å². The highest BCUT2D eigenvalue weighted by Gasteiger charge is 2.18. The molecule has 1 unspecified atom stereocenters. The van der Waals surface area contributed by atoms with Crippen molar-refractivity contribution in [2.45, 2.75) is 32.2 Å². The van der Waals surface area contributed by atoms with Crippen molar-refractivity contribution in [3.63, 3.8) is 0 Å². The molecule has 0 aromatic carbocycles. The molecule has 0 saturated carbocycles. The molecular weight excluding hydrogens is 196 g/mol. The third-order valence-corrected chi connectivity index (χ3v) is 3.07. The van der Waals surface area contributed by atoms with Crippen molar-refractivity contribution in [2.24, 2.45) is 0 Å². The van der Waals surface area contributed by atoms with Gasteiger partial charge in [0.05, 0.1) is 11.9 Å². The molecule has 1 aliphatic heterocycles. The van der Waals surface area contributed by atoms with Gasteiger partial charge in [-0.3, -0.25) is 0 Å². The molecule has 1 aromatic rings. The van der Waals surface area contributed by atoms with Crippen LogP contribution in [0.25, 0.3) is 0 Å². The Hall–Kier alpha value is -0.760. The van der Waals surface area contributed by atoms with Crippen molar-refractivity contribution < 1.29 is 0 Å². The van der Waals surface area contributed by atoms with E-state index in [9.17, 15) is 0 Å². The third-order valence-electron chi connectivity index (χ3n) is 2.85. The number of hydrogen-bond donors (Lipinski definition) is 0. The second-order valence-corrected chi connectivity index (χ2v) is 4.26. The monoisotopic (exact) mass is 210 g/mol. The minimum atomic E-state index is 0.568. The molecule has 0 radical (unpaired) electrons. The third kappa shape index (κ3) is 2.01. The fourth-order valence-corrected chi connectivity index (χ4v) is 2.13. The van der Waals surface area contributed by atoms with E-state index in [1.807, 2.05) is 12.3 Å². The highest BCUT2D eigenvalue weighted by molar-refractivity contribution is 6.29. The van der Waals surface area contributed by atoms with E-state index >= 15 is 0 Å². The van der Waals surface area contributed by atoms with Gasteiger partial charge in [0.25, 0.3) is 0 Å². The van der Waals surface area contributed by atoms with Gasteiger partial charge in [0.2, 0.25) is 0 Å². The summed E-state index contributed by atoms with van der Waals surface area (Å²) in [5.74, 6) is 0. The van der Waals surface area contributed by atoms with Crippen LogP contribution in [0.4, 0.5) is 5.69 Å². The Labute approximate surface area is 89.9 Å². The normalized spacial score (nSPS) is 22.4. The number of piperidine rings is 1. The summed E-state index contributed by atoms with van der Waals surface area (Å²) in [6.07, 6.45) is 5.78. The Morgan fingerprint density at radius 3 is 2.93 bits per heavy atom. The van der Waals surface area contributed by atoms with E-state index < -0.39 is 0 Å². The topological polar surface area (TPSA) is 16.1 Å². The molecule has 0 aliphatic carbocycles. The zero-order valence-corrected chi connectivity index (χ0v) is 9.17. The molecule has 1 atom stereocenters. The lowest BCUT2D eigenvalue weighted by Gasteiger charge is -2.35. The van der Waals surface area contributed by atoms with E-state index in [2.05, 4.69) is 22.9 Å². The van der Waals surface area contributed by atoms with Crippen LogP contribution >= 0.6 is 11.6 Å². The van der Waals surface area contributed by atoms with Gasteiger partial charge in [-0.05, 0) is 38.3 Å². The van der Waals surface area contributed by atoms with Crippen LogP contribution in [-0.4, -0.2) is 17.6 Å². The molecule has 2 heterocycles. The molecule has 76 valence electrons. The maximum absolute atomic E-state index is 5.76. The second-order valence-electron chi connectivity index (χ2n) is 3.88. The van der Waals surface area contributed by atoms with Crippen LogP contribution < -0.4 is 4.90 Å². The van der Waals surface area contributed by atoms with Crippen molar-refractivity contribution >= 4 is 17.3 Å². The Kier molecular flexibility index (Phi) is 2.92. The fourth-order valence-electron chi connectivity index (χ4n) is 2.02. The number of aromatic nitrogens is 1. The van der Waals surface area contributed by atoms with Crippen molar-refractivity contribution in [1.29, 1.82) is 0 Å². The summed E-state index contributed by atoms with van der Waals surface area (Å²) in [7, 11) is 0. The van der Waals surface area contributed by atoms with Crippen LogP contribution in [0.2, 0.25) is 5.15 Å². The molecule has 1 aliphatic rings. The van der Waals surface area contributed by atoms with Crippen molar-refractivity contribution in [3.8, 4) is 0 Å². The van der Waals surface area contributed by atoms with Crippen LogP contribution in [0.15, 0.2) is 18.3 Å². The summed E-state index contributed by atoms with van der Waals surface area (Å²) in [4.78, 5) is 6.52. The number of rotatable bonds is 1. The van der Waals surface area contributed by atoms with Gasteiger partial charge in [0.1, 0.15) is 5.15 Å². The summed E-state index contributed by atoms with van der Waals surface area (Å²) in [6.45, 7) is 3.41. The maximum atomic E-state index is 5.76. The molecule has 0 N–H and O–H groups in total. The first-order chi connectivity index (χ1) is 6.77. The average molecular weight is 211 g/mol. The minimum absolute atomic E-state index is 0.568. The number of pyridine rings is 1. The Balaban J connectivity index is 2.16. The first kappa shape index (κ1) is 9.78. The Morgan fingerprint density at radius 2 is 2.29 bits per heavy atom. The van der Waals surface area contributed by atoms with E-state index in [4.69, 9.17) is 11.6 Å². The van der Waals surface area contributed by atoms with Crippen LogP contribution in [0, 0.1) is 0 Å². The zero-order chi connectivity index (χ0) is 9.97. The molecule has 2 nitrogen and oxygen atoms in total. The molecule has 0 amide bonds. The molecule has 2 rings (SSSR count). The van der Waals surface area contributed by atoms with E-state index in [-0.39, 0.29) is 0 Å². The van der Waals surface area contributed by atoms with Gasteiger partial charge in [-0.15, -0.1) is 0 Å². The first-order valence-corrected chi connectivity index (χ1v) is 5.53. The zero-order valence-electron chi connectivity index (χ0n) is 8.41. The summed E-state index contributed by atoms with van der Waals surface area (Å²) < 4.78 is 0. The number of hydrogen-bond acceptors (Lipinski definition) is 2. The van der Waals surface area contributed by atoms with Crippen molar-refractivity contribution in [2.75, 3.05) is 11.4 Å². The van der Waals surface area contributed by atoms with Crippen LogP contribution in [0.1, 0.15) is 26.2 Å². The van der Waals surface area contributed by atoms with Gasteiger partial charge >= 0.3 is 0 Å². The smallest absolute Gasteiger partial charge is 0.129 e. The molecular formula is C11H15ClN2. The number of anilines is 1. The summed E-state index contributed by atoms with van der Waals surface area (Å²) >= 11 is 5.76. The first-order valence-electron chi connectivity index (χ1n) is 5.15. The Bertz CT molecular complexity index is 297. The van der Waals surface area contributed by atoms with Crippen LogP contribution in [0.5, 0.6) is 0 Å². The summed E-state index contributed by atoms with van der Waals surface area (Å²) in [6, 6.07) is 4.54. The molecule has 3 heteroatoms. The summed E-state index contributed by atoms with van der Waals surface area (Å²) in [5.41, 5.74) is 1.20. The predicted molar refractivity (Wildman–Crippen MR) is 59.9 cm³/mol. The maximum Gasteiger partial charge on any atom is 0.129 e. The SMILES string of the molecule is CC1CCCCN1c1ccc(Cl)nc1. The van der Waals surface area contributed by atoms with Crippen molar-refractivity contribution in [1.82, 2.24) is 4.98 Å². The van der Waals surface area contributed by atoms with Crippen molar-refractivity contribution in [3.05, 3.63) is 23.5 Å².